The van der Waals surface area contributed by atoms with Gasteiger partial charge in [-0.2, -0.15) is 10.2 Å². The van der Waals surface area contributed by atoms with Crippen LogP contribution in [-0.2, 0) is 11.2 Å². The number of nitrogens with zero attached hydrogens (tertiary/aromatic N) is 2. The summed E-state index contributed by atoms with van der Waals surface area (Å²) in [6, 6.07) is 23.0. The lowest BCUT2D eigenvalue weighted by molar-refractivity contribution is -0.115. The summed E-state index contributed by atoms with van der Waals surface area (Å²) in [6.45, 7) is 0. The first-order chi connectivity index (χ1) is 13.7. The van der Waals surface area contributed by atoms with Crippen LogP contribution in [0.25, 0.3) is 11.1 Å². The van der Waals surface area contributed by atoms with Crippen LogP contribution in [0.4, 0.5) is 5.69 Å². The largest absolute Gasteiger partial charge is 0.326 e. The second-order valence-corrected chi connectivity index (χ2v) is 6.19. The van der Waals surface area contributed by atoms with Crippen molar-refractivity contribution in [2.24, 2.45) is 21.9 Å². The van der Waals surface area contributed by atoms with Crippen molar-refractivity contribution in [1.29, 1.82) is 0 Å². The van der Waals surface area contributed by atoms with Gasteiger partial charge in [0, 0.05) is 5.69 Å². The molecule has 0 atom stereocenters. The van der Waals surface area contributed by atoms with E-state index in [-0.39, 0.29) is 12.3 Å². The van der Waals surface area contributed by atoms with Crippen LogP contribution in [-0.4, -0.2) is 18.3 Å². The van der Waals surface area contributed by atoms with Gasteiger partial charge >= 0.3 is 0 Å². The SMILES string of the molecule is NN=Cc1ccc(NC(=O)Cc2ccccc2-c2cccc(C=NN)c2)cc1. The van der Waals surface area contributed by atoms with E-state index in [9.17, 15) is 4.79 Å². The molecule has 3 aromatic carbocycles. The molecule has 6 nitrogen and oxygen atoms in total. The Kier molecular flexibility index (Phi) is 6.15. The molecule has 0 heterocycles. The highest BCUT2D eigenvalue weighted by Gasteiger charge is 2.10. The van der Waals surface area contributed by atoms with Crippen molar-refractivity contribution in [1.82, 2.24) is 0 Å². The van der Waals surface area contributed by atoms with E-state index in [1.807, 2.05) is 72.8 Å². The topological polar surface area (TPSA) is 106 Å². The maximum absolute atomic E-state index is 12.6. The summed E-state index contributed by atoms with van der Waals surface area (Å²) in [4.78, 5) is 12.6. The van der Waals surface area contributed by atoms with Crippen molar-refractivity contribution < 1.29 is 4.79 Å². The number of rotatable bonds is 6. The van der Waals surface area contributed by atoms with Gasteiger partial charge in [-0.1, -0.05) is 54.6 Å². The highest BCUT2D eigenvalue weighted by atomic mass is 16.1. The number of nitrogens with two attached hydrogens (primary N) is 2. The molecule has 1 amide bonds. The standard InChI is InChI=1S/C22H21N5O/c23-25-14-16-8-10-20(11-9-16)27-22(28)13-19-5-1-2-7-21(19)18-6-3-4-17(12-18)15-26-24/h1-12,14-15H,13,23-24H2,(H,27,28). The number of carbonyl (C=O) groups excluding carboxylic acids is 1. The van der Waals surface area contributed by atoms with E-state index >= 15 is 0 Å². The van der Waals surface area contributed by atoms with Gasteiger partial charge in [0.05, 0.1) is 18.9 Å². The van der Waals surface area contributed by atoms with Crippen LogP contribution in [0.15, 0.2) is 83.0 Å². The molecule has 0 bridgehead atoms. The van der Waals surface area contributed by atoms with Crippen molar-refractivity contribution >= 4 is 24.0 Å². The molecule has 0 saturated heterocycles. The quantitative estimate of drug-likeness (QED) is 0.352. The molecule has 0 unspecified atom stereocenters. The molecule has 0 aliphatic carbocycles. The molecule has 0 spiro atoms. The monoisotopic (exact) mass is 371 g/mol. The number of hydrogen-bond donors (Lipinski definition) is 3. The number of nitrogens with one attached hydrogen (secondary N) is 1. The first kappa shape index (κ1) is 18.8. The van der Waals surface area contributed by atoms with Gasteiger partial charge in [-0.15, -0.1) is 0 Å². The molecule has 0 aromatic heterocycles. The van der Waals surface area contributed by atoms with Crippen LogP contribution >= 0.6 is 0 Å². The van der Waals surface area contributed by atoms with Crippen molar-refractivity contribution in [3.05, 3.63) is 89.5 Å². The van der Waals surface area contributed by atoms with Crippen LogP contribution in [0.3, 0.4) is 0 Å². The highest BCUT2D eigenvalue weighted by molar-refractivity contribution is 5.94. The number of benzene rings is 3. The molecule has 0 aliphatic heterocycles. The molecule has 5 N–H and O–H groups in total. The summed E-state index contributed by atoms with van der Waals surface area (Å²) >= 11 is 0. The van der Waals surface area contributed by atoms with Crippen LogP contribution < -0.4 is 17.0 Å². The summed E-state index contributed by atoms with van der Waals surface area (Å²) < 4.78 is 0. The molecular weight excluding hydrogens is 350 g/mol. The Labute approximate surface area is 163 Å². The third-order valence-electron chi connectivity index (χ3n) is 4.21. The van der Waals surface area contributed by atoms with E-state index in [1.54, 1.807) is 12.4 Å². The second-order valence-electron chi connectivity index (χ2n) is 6.19. The molecule has 140 valence electrons. The van der Waals surface area contributed by atoms with E-state index in [2.05, 4.69) is 15.5 Å². The normalized spacial score (nSPS) is 11.1. The van der Waals surface area contributed by atoms with E-state index in [0.717, 1.165) is 33.5 Å². The van der Waals surface area contributed by atoms with Crippen LogP contribution in [0.5, 0.6) is 0 Å². The number of amides is 1. The minimum Gasteiger partial charge on any atom is -0.326 e. The second kappa shape index (κ2) is 9.14. The predicted octanol–water partition coefficient (Wildman–Crippen LogP) is 3.12. The van der Waals surface area contributed by atoms with E-state index < -0.39 is 0 Å². The zero-order valence-corrected chi connectivity index (χ0v) is 15.2. The Morgan fingerprint density at radius 2 is 1.57 bits per heavy atom. The smallest absolute Gasteiger partial charge is 0.228 e. The summed E-state index contributed by atoms with van der Waals surface area (Å²) in [5, 5.41) is 9.97. The number of hydrazone groups is 2. The van der Waals surface area contributed by atoms with Gasteiger partial charge in [-0.25, -0.2) is 0 Å². The van der Waals surface area contributed by atoms with Crippen LogP contribution in [0.2, 0.25) is 0 Å². The zero-order chi connectivity index (χ0) is 19.8. The summed E-state index contributed by atoms with van der Waals surface area (Å²) in [6.07, 6.45) is 3.40. The van der Waals surface area contributed by atoms with Gasteiger partial charge < -0.3 is 17.0 Å². The molecule has 6 heteroatoms. The fraction of sp³-hybridized carbons (Fsp3) is 0.0455. The van der Waals surface area contributed by atoms with Crippen LogP contribution in [0.1, 0.15) is 16.7 Å². The summed E-state index contributed by atoms with van der Waals surface area (Å²) in [5.41, 5.74) is 5.43. The van der Waals surface area contributed by atoms with Gasteiger partial charge in [-0.3, -0.25) is 4.79 Å². The maximum Gasteiger partial charge on any atom is 0.228 e. The Balaban J connectivity index is 1.77. The van der Waals surface area contributed by atoms with Gasteiger partial charge in [-0.05, 0) is 46.0 Å². The Morgan fingerprint density at radius 3 is 2.32 bits per heavy atom. The Morgan fingerprint density at radius 1 is 0.857 bits per heavy atom. The lowest BCUT2D eigenvalue weighted by atomic mass is 9.96. The first-order valence-corrected chi connectivity index (χ1v) is 8.74. The maximum atomic E-state index is 12.6. The lowest BCUT2D eigenvalue weighted by Crippen LogP contribution is -2.15. The van der Waals surface area contributed by atoms with Gasteiger partial charge in [0.25, 0.3) is 0 Å². The molecule has 3 rings (SSSR count). The minimum atomic E-state index is -0.0904. The van der Waals surface area contributed by atoms with Crippen molar-refractivity contribution in [2.45, 2.75) is 6.42 Å². The van der Waals surface area contributed by atoms with E-state index in [4.69, 9.17) is 11.7 Å². The molecule has 0 fully saturated rings. The molecule has 0 aliphatic rings. The van der Waals surface area contributed by atoms with Gasteiger partial charge in [0.1, 0.15) is 0 Å². The third kappa shape index (κ3) is 4.82. The molecule has 28 heavy (non-hydrogen) atoms. The highest BCUT2D eigenvalue weighted by Crippen LogP contribution is 2.25. The lowest BCUT2D eigenvalue weighted by Gasteiger charge is -2.11. The Hall–Kier alpha value is -3.93. The zero-order valence-electron chi connectivity index (χ0n) is 15.2. The van der Waals surface area contributed by atoms with Crippen molar-refractivity contribution in [3.63, 3.8) is 0 Å². The first-order valence-electron chi connectivity index (χ1n) is 8.74. The fourth-order valence-electron chi connectivity index (χ4n) is 2.95. The van der Waals surface area contributed by atoms with E-state index in [1.165, 1.54) is 0 Å². The predicted molar refractivity (Wildman–Crippen MR) is 114 cm³/mol. The van der Waals surface area contributed by atoms with Crippen molar-refractivity contribution in [2.75, 3.05) is 5.32 Å². The summed E-state index contributed by atoms with van der Waals surface area (Å²) in [5.74, 6) is 10.3. The molecule has 3 aromatic rings. The number of carbonyl (C=O) groups is 1. The van der Waals surface area contributed by atoms with Crippen LogP contribution in [0, 0.1) is 0 Å². The third-order valence-corrected chi connectivity index (χ3v) is 4.21. The van der Waals surface area contributed by atoms with Gasteiger partial charge in [0.15, 0.2) is 0 Å². The average molecular weight is 371 g/mol. The van der Waals surface area contributed by atoms with Gasteiger partial charge in [0.2, 0.25) is 5.91 Å². The molecule has 0 saturated carbocycles. The van der Waals surface area contributed by atoms with Crippen molar-refractivity contribution in [3.8, 4) is 11.1 Å². The average Bonchev–Trinajstić information content (AvgIpc) is 2.70. The molecular formula is C22H21N5O. The Bertz CT molecular complexity index is 1010. The minimum absolute atomic E-state index is 0.0904. The summed E-state index contributed by atoms with van der Waals surface area (Å²) in [7, 11) is 0. The fourth-order valence-corrected chi connectivity index (χ4v) is 2.95. The molecule has 0 radical (unpaired) electrons. The number of anilines is 1. The van der Waals surface area contributed by atoms with E-state index in [0.29, 0.717) is 0 Å². The number of hydrogen-bond acceptors (Lipinski definition) is 5.